The van der Waals surface area contributed by atoms with Gasteiger partial charge in [-0.2, -0.15) is 5.26 Å². The van der Waals surface area contributed by atoms with Crippen molar-refractivity contribution in [1.29, 1.82) is 5.26 Å². The van der Waals surface area contributed by atoms with Gasteiger partial charge in [-0.05, 0) is 56.9 Å². The van der Waals surface area contributed by atoms with Crippen LogP contribution in [0, 0.1) is 11.3 Å². The number of H-pyrrole nitrogens is 1. The highest BCUT2D eigenvalue weighted by atomic mass is 16.3. The first kappa shape index (κ1) is 21.3. The fourth-order valence-corrected chi connectivity index (χ4v) is 5.12. The summed E-state index contributed by atoms with van der Waals surface area (Å²) in [5.74, 6) is 0.741. The summed E-state index contributed by atoms with van der Waals surface area (Å²) in [4.78, 5) is 18.6. The van der Waals surface area contributed by atoms with Gasteiger partial charge in [-0.1, -0.05) is 30.3 Å². The fraction of sp³-hybridized carbons (Fsp3) is 0.333. The van der Waals surface area contributed by atoms with E-state index in [4.69, 9.17) is 4.42 Å². The monoisotopic (exact) mass is 440 g/mol. The summed E-state index contributed by atoms with van der Waals surface area (Å²) in [6.07, 6.45) is 4.01. The van der Waals surface area contributed by atoms with Gasteiger partial charge in [-0.15, -0.1) is 0 Å². The number of nitrogens with one attached hydrogen (secondary N) is 2. The largest absolute Gasteiger partial charge is 0.458 e. The molecule has 1 saturated carbocycles. The van der Waals surface area contributed by atoms with Crippen molar-refractivity contribution in [3.8, 4) is 6.07 Å². The lowest BCUT2D eigenvalue weighted by Crippen LogP contribution is -2.46. The molecule has 2 atom stereocenters. The first-order chi connectivity index (χ1) is 16.2. The van der Waals surface area contributed by atoms with Gasteiger partial charge in [-0.3, -0.25) is 4.79 Å². The van der Waals surface area contributed by atoms with Crippen LogP contribution < -0.4 is 5.32 Å². The number of para-hydroxylation sites is 2. The Balaban J connectivity index is 1.28. The normalized spacial score (nSPS) is 18.4. The van der Waals surface area contributed by atoms with Crippen LogP contribution in [0.5, 0.6) is 0 Å². The third kappa shape index (κ3) is 4.12. The topological polar surface area (TPSA) is 85.1 Å². The van der Waals surface area contributed by atoms with E-state index in [0.717, 1.165) is 47.6 Å². The predicted molar refractivity (Wildman–Crippen MR) is 129 cm³/mol. The Morgan fingerprint density at radius 1 is 1.21 bits per heavy atom. The number of benzene rings is 2. The van der Waals surface area contributed by atoms with E-state index in [-0.39, 0.29) is 18.0 Å². The van der Waals surface area contributed by atoms with Crippen molar-refractivity contribution in [1.82, 2.24) is 15.2 Å². The second-order valence-corrected chi connectivity index (χ2v) is 8.77. The Kier molecular flexibility index (Phi) is 5.89. The van der Waals surface area contributed by atoms with E-state index in [2.05, 4.69) is 16.4 Å². The van der Waals surface area contributed by atoms with Crippen LogP contribution in [-0.2, 0) is 6.54 Å². The first-order valence-corrected chi connectivity index (χ1v) is 11.7. The van der Waals surface area contributed by atoms with Gasteiger partial charge in [0.25, 0.3) is 5.91 Å². The third-order valence-electron chi connectivity index (χ3n) is 6.78. The summed E-state index contributed by atoms with van der Waals surface area (Å²) < 4.78 is 5.95. The van der Waals surface area contributed by atoms with E-state index in [9.17, 15) is 10.1 Å². The summed E-state index contributed by atoms with van der Waals surface area (Å²) in [5.41, 5.74) is 2.98. The number of aromatic amines is 1. The molecule has 0 aliphatic heterocycles. The molecule has 0 bridgehead atoms. The van der Waals surface area contributed by atoms with Gasteiger partial charge < -0.3 is 19.6 Å². The molecule has 6 heteroatoms. The Bertz CT molecular complexity index is 1300. The molecule has 0 spiro atoms. The maximum absolute atomic E-state index is 13.3. The smallest absolute Gasteiger partial charge is 0.270 e. The summed E-state index contributed by atoms with van der Waals surface area (Å²) in [6.45, 7) is 3.23. The van der Waals surface area contributed by atoms with Gasteiger partial charge in [0.2, 0.25) is 0 Å². The average Bonchev–Trinajstić information content (AvgIpc) is 3.44. The maximum Gasteiger partial charge on any atom is 0.270 e. The summed E-state index contributed by atoms with van der Waals surface area (Å²) in [7, 11) is 0. The van der Waals surface area contributed by atoms with E-state index >= 15 is 0 Å². The van der Waals surface area contributed by atoms with E-state index in [1.54, 1.807) is 0 Å². The minimum Gasteiger partial charge on any atom is -0.458 e. The number of nitriles is 1. The number of carbonyl (C=O) groups excluding carboxylic acids is 1. The zero-order chi connectivity index (χ0) is 22.8. The van der Waals surface area contributed by atoms with Gasteiger partial charge in [0.15, 0.2) is 0 Å². The lowest BCUT2D eigenvalue weighted by atomic mass is 9.89. The quantitative estimate of drug-likeness (QED) is 0.423. The lowest BCUT2D eigenvalue weighted by Gasteiger charge is -2.37. The number of amides is 1. The molecule has 5 rings (SSSR count). The Morgan fingerprint density at radius 3 is 2.85 bits per heavy atom. The first-order valence-electron chi connectivity index (χ1n) is 11.7. The van der Waals surface area contributed by atoms with Crippen molar-refractivity contribution in [2.75, 3.05) is 6.54 Å². The van der Waals surface area contributed by atoms with E-state index in [1.807, 2.05) is 66.4 Å². The van der Waals surface area contributed by atoms with Crippen molar-refractivity contribution in [2.24, 2.45) is 0 Å². The molecule has 33 heavy (non-hydrogen) atoms. The molecule has 1 amide bonds. The molecule has 6 nitrogen and oxygen atoms in total. The molecular weight excluding hydrogens is 412 g/mol. The molecule has 1 aliphatic rings. The molecule has 2 aromatic heterocycles. The Labute approximate surface area is 193 Å². The second kappa shape index (κ2) is 9.13. The molecule has 0 unspecified atom stereocenters. The van der Waals surface area contributed by atoms with Gasteiger partial charge >= 0.3 is 0 Å². The van der Waals surface area contributed by atoms with Crippen molar-refractivity contribution in [2.45, 2.75) is 51.2 Å². The van der Waals surface area contributed by atoms with Gasteiger partial charge in [0.05, 0.1) is 6.54 Å². The summed E-state index contributed by atoms with van der Waals surface area (Å²) >= 11 is 0. The number of rotatable bonds is 6. The molecular formula is C27H28N4O2. The van der Waals surface area contributed by atoms with Crippen molar-refractivity contribution < 1.29 is 9.21 Å². The highest BCUT2D eigenvalue weighted by Gasteiger charge is 2.30. The van der Waals surface area contributed by atoms with Gasteiger partial charge in [0.1, 0.15) is 28.7 Å². The lowest BCUT2D eigenvalue weighted by molar-refractivity contribution is 0.0622. The van der Waals surface area contributed by atoms with Crippen LogP contribution in [0.3, 0.4) is 0 Å². The molecule has 1 fully saturated rings. The minimum absolute atomic E-state index is 0.0587. The highest BCUT2D eigenvalue weighted by Crippen LogP contribution is 2.28. The van der Waals surface area contributed by atoms with E-state index in [1.165, 1.54) is 0 Å². The highest BCUT2D eigenvalue weighted by molar-refractivity contribution is 5.98. The molecule has 2 heterocycles. The second-order valence-electron chi connectivity index (χ2n) is 8.77. The number of nitrogens with zero attached hydrogens (tertiary/aromatic N) is 2. The van der Waals surface area contributed by atoms with Crippen LogP contribution in [0.25, 0.3) is 21.9 Å². The fourth-order valence-electron chi connectivity index (χ4n) is 5.12. The molecule has 2 N–H and O–H groups in total. The molecule has 0 radical (unpaired) electrons. The van der Waals surface area contributed by atoms with Crippen LogP contribution in [0.4, 0.5) is 0 Å². The average molecular weight is 441 g/mol. The van der Waals surface area contributed by atoms with E-state index < -0.39 is 0 Å². The number of fused-ring (bicyclic) bond motifs is 2. The Morgan fingerprint density at radius 2 is 2.03 bits per heavy atom. The molecule has 168 valence electrons. The maximum atomic E-state index is 13.3. The number of aromatic nitrogens is 1. The van der Waals surface area contributed by atoms with Crippen molar-refractivity contribution >= 4 is 27.8 Å². The molecule has 0 saturated heterocycles. The van der Waals surface area contributed by atoms with Crippen molar-refractivity contribution in [3.63, 3.8) is 0 Å². The van der Waals surface area contributed by atoms with Gasteiger partial charge in [0, 0.05) is 34.9 Å². The van der Waals surface area contributed by atoms with Crippen LogP contribution in [0.15, 0.2) is 59.0 Å². The van der Waals surface area contributed by atoms with Crippen LogP contribution in [0.2, 0.25) is 0 Å². The number of carbonyl (C=O) groups is 1. The SMILES string of the molecule is CCN(C(=O)c1cc2ccccc2[nH]1)[C@H]1CCC[C@@H](NCc2oc3ccccc3c2C#N)C1. The third-order valence-corrected chi connectivity index (χ3v) is 6.78. The molecule has 4 aromatic rings. The number of hydrogen-bond acceptors (Lipinski definition) is 4. The van der Waals surface area contributed by atoms with Crippen molar-refractivity contribution in [3.05, 3.63) is 71.6 Å². The zero-order valence-electron chi connectivity index (χ0n) is 18.8. The minimum atomic E-state index is 0.0587. The summed E-state index contributed by atoms with van der Waals surface area (Å²) in [5, 5.41) is 15.1. The standard InChI is InChI=1S/C27H28N4O2/c1-2-31(27(32)24-14-18-8-3-5-12-23(18)30-24)20-10-7-9-19(15-20)29-17-26-22(16-28)21-11-4-6-13-25(21)33-26/h3-6,8,11-14,19-20,29-30H,2,7,9-10,15,17H2,1H3/t19-,20+/m1/s1. The number of furan rings is 1. The molecule has 1 aliphatic carbocycles. The van der Waals surface area contributed by atoms with Crippen LogP contribution >= 0.6 is 0 Å². The van der Waals surface area contributed by atoms with Crippen LogP contribution in [0.1, 0.15) is 54.4 Å². The summed E-state index contributed by atoms with van der Waals surface area (Å²) in [6, 6.07) is 20.3. The zero-order valence-corrected chi connectivity index (χ0v) is 18.8. The number of hydrogen-bond donors (Lipinski definition) is 2. The van der Waals surface area contributed by atoms with E-state index in [0.29, 0.717) is 30.1 Å². The van der Waals surface area contributed by atoms with Gasteiger partial charge in [-0.25, -0.2) is 0 Å². The predicted octanol–water partition coefficient (Wildman–Crippen LogP) is 5.35. The Hall–Kier alpha value is -3.56. The molecule has 2 aromatic carbocycles. The van der Waals surface area contributed by atoms with Crippen LogP contribution in [-0.4, -0.2) is 34.4 Å².